The predicted molar refractivity (Wildman–Crippen MR) is 85.0 cm³/mol. The molecule has 0 saturated carbocycles. The minimum Gasteiger partial charge on any atom is -0.268 e. The van der Waals surface area contributed by atoms with Crippen molar-refractivity contribution in [3.05, 3.63) is 70.0 Å². The average Bonchev–Trinajstić information content (AvgIpc) is 3.03. The number of halogens is 4. The summed E-state index contributed by atoms with van der Waals surface area (Å²) in [6.07, 6.45) is 0. The van der Waals surface area contributed by atoms with Crippen molar-refractivity contribution >= 4 is 38.2 Å². The highest BCUT2D eigenvalue weighted by atomic mass is 19.2. The van der Waals surface area contributed by atoms with E-state index < -0.39 is 39.9 Å². The maximum absolute atomic E-state index is 14.3. The molecule has 0 atom stereocenters. The molecule has 0 fully saturated rings. The van der Waals surface area contributed by atoms with E-state index in [0.29, 0.717) is 10.8 Å². The Hall–Kier alpha value is -3.22. The molecule has 0 N–H and O–H groups in total. The maximum Gasteiger partial charge on any atom is 0.264 e. The van der Waals surface area contributed by atoms with Gasteiger partial charge in [-0.15, -0.1) is 0 Å². The molecular formula is C18H6F4N2O. The molecule has 25 heavy (non-hydrogen) atoms. The highest BCUT2D eigenvalue weighted by molar-refractivity contribution is 6.15. The van der Waals surface area contributed by atoms with E-state index in [9.17, 15) is 22.4 Å². The van der Waals surface area contributed by atoms with Gasteiger partial charge in [-0.3, -0.25) is 9.20 Å². The van der Waals surface area contributed by atoms with Crippen molar-refractivity contribution in [2.24, 2.45) is 0 Å². The molecule has 7 heteroatoms. The summed E-state index contributed by atoms with van der Waals surface area (Å²) in [4.78, 5) is 16.8. The van der Waals surface area contributed by atoms with E-state index in [2.05, 4.69) is 4.98 Å². The zero-order valence-corrected chi connectivity index (χ0v) is 12.3. The topological polar surface area (TPSA) is 34.4 Å². The second kappa shape index (κ2) is 4.44. The summed E-state index contributed by atoms with van der Waals surface area (Å²) in [6, 6.07) is 10.1. The molecule has 0 saturated heterocycles. The van der Waals surface area contributed by atoms with Crippen LogP contribution in [0.1, 0.15) is 0 Å². The van der Waals surface area contributed by atoms with Gasteiger partial charge >= 0.3 is 0 Å². The van der Waals surface area contributed by atoms with E-state index in [1.54, 1.807) is 30.3 Å². The van der Waals surface area contributed by atoms with Crippen molar-refractivity contribution in [2.45, 2.75) is 0 Å². The molecule has 3 nitrogen and oxygen atoms in total. The van der Waals surface area contributed by atoms with Gasteiger partial charge in [-0.25, -0.2) is 22.5 Å². The van der Waals surface area contributed by atoms with Crippen LogP contribution in [0.2, 0.25) is 0 Å². The number of hydrogen-bond acceptors (Lipinski definition) is 2. The summed E-state index contributed by atoms with van der Waals surface area (Å²) in [5.74, 6) is -7.20. The minimum atomic E-state index is -1.97. The summed E-state index contributed by atoms with van der Waals surface area (Å²) in [7, 11) is 0. The van der Waals surface area contributed by atoms with Crippen LogP contribution in [0.5, 0.6) is 0 Å². The monoisotopic (exact) mass is 342 g/mol. The highest BCUT2D eigenvalue weighted by Gasteiger charge is 2.26. The molecule has 0 amide bonds. The molecule has 0 aliphatic carbocycles. The number of rotatable bonds is 0. The summed E-state index contributed by atoms with van der Waals surface area (Å²) >= 11 is 0. The summed E-state index contributed by atoms with van der Waals surface area (Å²) < 4.78 is 56.4. The van der Waals surface area contributed by atoms with E-state index in [0.717, 1.165) is 9.79 Å². The number of aromatic nitrogens is 2. The first-order valence-corrected chi connectivity index (χ1v) is 7.32. The lowest BCUT2D eigenvalue weighted by Crippen LogP contribution is -2.14. The molecule has 0 aliphatic rings. The Morgan fingerprint density at radius 1 is 0.800 bits per heavy atom. The van der Waals surface area contributed by atoms with Crippen LogP contribution in [-0.2, 0) is 0 Å². The molecule has 122 valence electrons. The molecular weight excluding hydrogens is 336 g/mol. The van der Waals surface area contributed by atoms with E-state index >= 15 is 0 Å². The lowest BCUT2D eigenvalue weighted by atomic mass is 10.0. The minimum absolute atomic E-state index is 0.0490. The lowest BCUT2D eigenvalue weighted by Gasteiger charge is -2.06. The van der Waals surface area contributed by atoms with Crippen molar-refractivity contribution in [3.63, 3.8) is 0 Å². The maximum atomic E-state index is 14.3. The van der Waals surface area contributed by atoms with Gasteiger partial charge in [0.2, 0.25) is 0 Å². The normalized spacial score (nSPS) is 12.2. The second-order valence-corrected chi connectivity index (χ2v) is 5.74. The molecule has 0 spiro atoms. The van der Waals surface area contributed by atoms with Crippen LogP contribution in [0.4, 0.5) is 17.6 Å². The number of hydrogen-bond donors (Lipinski definition) is 0. The molecule has 5 rings (SSSR count). The standard InChI is InChI=1S/C18H6F4N2O/c19-11-12(20)14(22)16-15(13(11)21)23-17-8-5-1-3-7-4-2-6-9(10(7)8)18(25)24(16)17/h1-6H. The number of benzene rings is 3. The van der Waals surface area contributed by atoms with Crippen LogP contribution < -0.4 is 5.56 Å². The Kier molecular flexibility index (Phi) is 2.51. The van der Waals surface area contributed by atoms with Gasteiger partial charge in [-0.2, -0.15) is 0 Å². The highest BCUT2D eigenvalue weighted by Crippen LogP contribution is 2.32. The third kappa shape index (κ3) is 1.55. The van der Waals surface area contributed by atoms with Gasteiger partial charge in [0.05, 0.1) is 0 Å². The Labute approximate surface area is 136 Å². The van der Waals surface area contributed by atoms with Crippen molar-refractivity contribution in [3.8, 4) is 0 Å². The van der Waals surface area contributed by atoms with Crippen LogP contribution in [0.15, 0.2) is 41.2 Å². The number of pyridine rings is 1. The smallest absolute Gasteiger partial charge is 0.264 e. The summed E-state index contributed by atoms with van der Waals surface area (Å²) in [5, 5.41) is 2.05. The molecule has 0 unspecified atom stereocenters. The van der Waals surface area contributed by atoms with Gasteiger partial charge in [0, 0.05) is 16.2 Å². The van der Waals surface area contributed by atoms with E-state index in [1.807, 2.05) is 0 Å². The molecule has 0 bridgehead atoms. The fourth-order valence-electron chi connectivity index (χ4n) is 3.38. The largest absolute Gasteiger partial charge is 0.268 e. The van der Waals surface area contributed by atoms with Gasteiger partial charge in [-0.1, -0.05) is 30.3 Å². The lowest BCUT2D eigenvalue weighted by molar-refractivity contribution is 0.416. The number of nitrogens with zero attached hydrogens (tertiary/aromatic N) is 2. The molecule has 0 radical (unpaired) electrons. The van der Waals surface area contributed by atoms with Crippen molar-refractivity contribution in [1.29, 1.82) is 0 Å². The van der Waals surface area contributed by atoms with Gasteiger partial charge in [-0.05, 0) is 11.5 Å². The van der Waals surface area contributed by atoms with Gasteiger partial charge < -0.3 is 0 Å². The summed E-state index contributed by atoms with van der Waals surface area (Å²) in [5.41, 5.74) is -2.15. The van der Waals surface area contributed by atoms with Gasteiger partial charge in [0.25, 0.3) is 5.56 Å². The van der Waals surface area contributed by atoms with Crippen LogP contribution in [-0.4, -0.2) is 9.38 Å². The zero-order valence-electron chi connectivity index (χ0n) is 12.3. The SMILES string of the molecule is O=c1c2cccc3cccc(c32)c2nc3c(F)c(F)c(F)c(F)c3n12. The molecule has 2 heterocycles. The number of imidazole rings is 1. The van der Waals surface area contributed by atoms with Crippen LogP contribution in [0.25, 0.3) is 38.2 Å². The average molecular weight is 342 g/mol. The fourth-order valence-corrected chi connectivity index (χ4v) is 3.38. The zero-order chi connectivity index (χ0) is 17.5. The molecule has 2 aromatic heterocycles. The second-order valence-electron chi connectivity index (χ2n) is 5.74. The van der Waals surface area contributed by atoms with Gasteiger partial charge in [0.1, 0.15) is 16.7 Å². The van der Waals surface area contributed by atoms with Crippen LogP contribution in [0.3, 0.4) is 0 Å². The first-order chi connectivity index (χ1) is 12.0. The van der Waals surface area contributed by atoms with E-state index in [-0.39, 0.29) is 11.0 Å². The molecule has 3 aromatic carbocycles. The predicted octanol–water partition coefficient (Wildman–Crippen LogP) is 4.15. The molecule has 0 aliphatic heterocycles. The van der Waals surface area contributed by atoms with Crippen molar-refractivity contribution in [1.82, 2.24) is 9.38 Å². The van der Waals surface area contributed by atoms with E-state index in [1.165, 1.54) is 6.07 Å². The third-order valence-electron chi connectivity index (χ3n) is 4.45. The van der Waals surface area contributed by atoms with Gasteiger partial charge in [0.15, 0.2) is 23.3 Å². The fraction of sp³-hybridized carbons (Fsp3) is 0. The summed E-state index contributed by atoms with van der Waals surface area (Å²) in [6.45, 7) is 0. The van der Waals surface area contributed by atoms with E-state index in [4.69, 9.17) is 0 Å². The van der Waals surface area contributed by atoms with Crippen molar-refractivity contribution in [2.75, 3.05) is 0 Å². The van der Waals surface area contributed by atoms with Crippen LogP contribution >= 0.6 is 0 Å². The Bertz CT molecular complexity index is 1400. The number of fused-ring (bicyclic) bond motifs is 4. The quantitative estimate of drug-likeness (QED) is 0.241. The first kappa shape index (κ1) is 14.2. The third-order valence-corrected chi connectivity index (χ3v) is 4.45. The van der Waals surface area contributed by atoms with Crippen molar-refractivity contribution < 1.29 is 17.6 Å². The Morgan fingerprint density at radius 2 is 1.44 bits per heavy atom. The Balaban J connectivity index is 2.24. The first-order valence-electron chi connectivity index (χ1n) is 7.32. The molecule has 5 aromatic rings. The van der Waals surface area contributed by atoms with Crippen LogP contribution in [0, 0.1) is 23.3 Å². The Morgan fingerprint density at radius 3 is 2.16 bits per heavy atom.